The zero-order chi connectivity index (χ0) is 20.9. The number of likely N-dealkylation sites (tertiary alicyclic amines) is 1. The Morgan fingerprint density at radius 1 is 1.17 bits per heavy atom. The Morgan fingerprint density at radius 3 is 2.83 bits per heavy atom. The van der Waals surface area contributed by atoms with Crippen molar-refractivity contribution < 1.29 is 9.59 Å². The summed E-state index contributed by atoms with van der Waals surface area (Å²) in [4.78, 5) is 29.7. The first-order valence-corrected chi connectivity index (χ1v) is 11.8. The molecule has 3 heterocycles. The van der Waals surface area contributed by atoms with Gasteiger partial charge < -0.3 is 19.7 Å². The van der Waals surface area contributed by atoms with E-state index in [1.54, 1.807) is 4.90 Å². The van der Waals surface area contributed by atoms with Gasteiger partial charge in [0.05, 0.1) is 22.2 Å². The van der Waals surface area contributed by atoms with Crippen molar-refractivity contribution in [3.05, 3.63) is 42.6 Å². The van der Waals surface area contributed by atoms with E-state index in [0.29, 0.717) is 18.3 Å². The molecule has 7 heteroatoms. The average Bonchev–Trinajstić information content (AvgIpc) is 3.22. The van der Waals surface area contributed by atoms with Crippen molar-refractivity contribution in [1.29, 1.82) is 0 Å². The van der Waals surface area contributed by atoms with Crippen LogP contribution in [0.2, 0.25) is 0 Å². The molecular weight excluding hydrogens is 396 g/mol. The smallest absolute Gasteiger partial charge is 0.240 e. The topological polar surface area (TPSA) is 57.6 Å². The van der Waals surface area contributed by atoms with Crippen LogP contribution in [0.25, 0.3) is 5.69 Å². The van der Waals surface area contributed by atoms with E-state index in [4.69, 9.17) is 0 Å². The van der Waals surface area contributed by atoms with Gasteiger partial charge in [-0.05, 0) is 57.0 Å². The summed E-state index contributed by atoms with van der Waals surface area (Å²) in [6.07, 6.45) is 6.79. The van der Waals surface area contributed by atoms with Crippen LogP contribution < -0.4 is 10.2 Å². The van der Waals surface area contributed by atoms with Gasteiger partial charge in [-0.2, -0.15) is 0 Å². The van der Waals surface area contributed by atoms with E-state index >= 15 is 0 Å². The number of benzene rings is 1. The van der Waals surface area contributed by atoms with Gasteiger partial charge in [0, 0.05) is 25.3 Å². The first-order valence-electron chi connectivity index (χ1n) is 10.8. The number of thioether (sulfide) groups is 1. The van der Waals surface area contributed by atoms with Gasteiger partial charge in [0.25, 0.3) is 0 Å². The van der Waals surface area contributed by atoms with Crippen LogP contribution in [-0.4, -0.2) is 59.3 Å². The Bertz CT molecular complexity index is 897. The van der Waals surface area contributed by atoms with E-state index in [2.05, 4.69) is 21.7 Å². The molecule has 1 unspecified atom stereocenters. The number of hydrogen-bond donors (Lipinski definition) is 1. The highest BCUT2D eigenvalue weighted by atomic mass is 32.2. The third-order valence-corrected chi connectivity index (χ3v) is 6.99. The molecule has 1 saturated heterocycles. The summed E-state index contributed by atoms with van der Waals surface area (Å²) < 4.78 is 2.08. The first-order chi connectivity index (χ1) is 14.6. The minimum absolute atomic E-state index is 0.0443. The maximum atomic E-state index is 12.9. The number of nitrogens with one attached hydrogen (secondary N) is 1. The largest absolute Gasteiger partial charge is 0.355 e. The second-order valence-corrected chi connectivity index (χ2v) is 9.05. The van der Waals surface area contributed by atoms with Crippen molar-refractivity contribution in [3.8, 4) is 5.69 Å². The van der Waals surface area contributed by atoms with E-state index in [9.17, 15) is 9.59 Å². The van der Waals surface area contributed by atoms with Crippen LogP contribution in [0.15, 0.2) is 47.6 Å². The summed E-state index contributed by atoms with van der Waals surface area (Å²) in [6.45, 7) is 5.15. The van der Waals surface area contributed by atoms with E-state index in [-0.39, 0.29) is 18.4 Å². The standard InChI is InChI=1S/C23H30N4O2S/c1-18-8-4-5-13-25(18)14-7-12-24-21(28)16-27-20-10-3-2-9-19(20)26-15-6-11-23(26)30-17-22(27)29/h2-3,6,9-11,15,18H,4-5,7-8,12-14,16-17H2,1H3,(H,24,28). The Labute approximate surface area is 182 Å². The van der Waals surface area contributed by atoms with Gasteiger partial charge >= 0.3 is 0 Å². The number of piperidine rings is 1. The fraction of sp³-hybridized carbons (Fsp3) is 0.478. The fourth-order valence-electron chi connectivity index (χ4n) is 4.30. The number of para-hydroxylation sites is 2. The first kappa shape index (κ1) is 21.0. The molecule has 1 atom stereocenters. The van der Waals surface area contributed by atoms with Crippen molar-refractivity contribution >= 4 is 29.3 Å². The molecule has 2 aliphatic heterocycles. The third-order valence-electron chi connectivity index (χ3n) is 5.97. The number of hydrogen-bond acceptors (Lipinski definition) is 4. The summed E-state index contributed by atoms with van der Waals surface area (Å²) >= 11 is 1.50. The van der Waals surface area contributed by atoms with E-state index in [1.807, 2.05) is 42.6 Å². The van der Waals surface area contributed by atoms with Gasteiger partial charge in [0.15, 0.2) is 0 Å². The molecule has 1 N–H and O–H groups in total. The molecule has 0 bridgehead atoms. The Kier molecular flexibility index (Phi) is 6.79. The lowest BCUT2D eigenvalue weighted by molar-refractivity contribution is -0.122. The van der Waals surface area contributed by atoms with E-state index in [0.717, 1.165) is 35.9 Å². The monoisotopic (exact) mass is 426 g/mol. The molecule has 2 aliphatic rings. The molecule has 0 radical (unpaired) electrons. The second-order valence-electron chi connectivity index (χ2n) is 8.06. The summed E-state index contributed by atoms with van der Waals surface area (Å²) in [6, 6.07) is 12.4. The van der Waals surface area contributed by atoms with E-state index in [1.165, 1.54) is 31.0 Å². The van der Waals surface area contributed by atoms with Crippen molar-refractivity contribution in [2.45, 2.75) is 43.7 Å². The molecule has 160 valence electrons. The van der Waals surface area contributed by atoms with Gasteiger partial charge in [0.2, 0.25) is 11.8 Å². The van der Waals surface area contributed by atoms with Gasteiger partial charge in [-0.3, -0.25) is 9.59 Å². The van der Waals surface area contributed by atoms with E-state index < -0.39 is 0 Å². The Morgan fingerprint density at radius 2 is 2.00 bits per heavy atom. The van der Waals surface area contributed by atoms with Crippen molar-refractivity contribution in [1.82, 2.24) is 14.8 Å². The third kappa shape index (κ3) is 4.73. The number of carbonyl (C=O) groups is 2. The highest BCUT2D eigenvalue weighted by Gasteiger charge is 2.25. The normalized spacial score (nSPS) is 19.6. The number of amides is 2. The molecule has 4 rings (SSSR count). The SMILES string of the molecule is CC1CCCCN1CCCNC(=O)CN1C(=O)CSc2cccn2-c2ccccc21. The van der Waals surface area contributed by atoms with Crippen molar-refractivity contribution in [3.63, 3.8) is 0 Å². The van der Waals surface area contributed by atoms with Gasteiger partial charge in [-0.25, -0.2) is 0 Å². The molecular formula is C23H30N4O2S. The zero-order valence-corrected chi connectivity index (χ0v) is 18.4. The Hall–Kier alpha value is -2.25. The number of fused-ring (bicyclic) bond motifs is 3. The lowest BCUT2D eigenvalue weighted by Crippen LogP contribution is -2.43. The van der Waals surface area contributed by atoms with Crippen LogP contribution in [-0.2, 0) is 9.59 Å². The van der Waals surface area contributed by atoms with Gasteiger partial charge in [-0.1, -0.05) is 30.3 Å². The predicted molar refractivity (Wildman–Crippen MR) is 121 cm³/mol. The lowest BCUT2D eigenvalue weighted by Gasteiger charge is -2.33. The molecule has 0 saturated carbocycles. The molecule has 2 amide bonds. The second kappa shape index (κ2) is 9.71. The summed E-state index contributed by atoms with van der Waals surface area (Å²) in [5.74, 6) is 0.165. The molecule has 0 spiro atoms. The quantitative estimate of drug-likeness (QED) is 0.720. The molecule has 0 aliphatic carbocycles. The Balaban J connectivity index is 1.38. The maximum absolute atomic E-state index is 12.9. The van der Waals surface area contributed by atoms with Crippen LogP contribution in [0, 0.1) is 0 Å². The predicted octanol–water partition coefficient (Wildman–Crippen LogP) is 3.30. The van der Waals surface area contributed by atoms with Gasteiger partial charge in [0.1, 0.15) is 6.54 Å². The molecule has 30 heavy (non-hydrogen) atoms. The van der Waals surface area contributed by atoms with Crippen LogP contribution in [0.5, 0.6) is 0 Å². The van der Waals surface area contributed by atoms with Crippen molar-refractivity contribution in [2.24, 2.45) is 0 Å². The van der Waals surface area contributed by atoms with Crippen LogP contribution in [0.1, 0.15) is 32.6 Å². The molecule has 1 aromatic heterocycles. The number of anilines is 1. The van der Waals surface area contributed by atoms with Crippen molar-refractivity contribution in [2.75, 3.05) is 36.8 Å². The highest BCUT2D eigenvalue weighted by Crippen LogP contribution is 2.32. The maximum Gasteiger partial charge on any atom is 0.240 e. The zero-order valence-electron chi connectivity index (χ0n) is 17.5. The highest BCUT2D eigenvalue weighted by molar-refractivity contribution is 7.99. The number of nitrogens with zero attached hydrogens (tertiary/aromatic N) is 3. The molecule has 2 aromatic rings. The summed E-state index contributed by atoms with van der Waals surface area (Å²) in [7, 11) is 0. The van der Waals surface area contributed by atoms with Gasteiger partial charge in [-0.15, -0.1) is 0 Å². The average molecular weight is 427 g/mol. The molecule has 6 nitrogen and oxygen atoms in total. The number of rotatable bonds is 6. The minimum Gasteiger partial charge on any atom is -0.355 e. The summed E-state index contributed by atoms with van der Waals surface area (Å²) in [5, 5.41) is 4.05. The fourth-order valence-corrected chi connectivity index (χ4v) is 5.20. The lowest BCUT2D eigenvalue weighted by atomic mass is 10.0. The number of aromatic nitrogens is 1. The number of carbonyl (C=O) groups excluding carboxylic acids is 2. The van der Waals surface area contributed by atoms with Crippen LogP contribution >= 0.6 is 11.8 Å². The van der Waals surface area contributed by atoms with Crippen LogP contribution in [0.4, 0.5) is 5.69 Å². The molecule has 1 aromatic carbocycles. The summed E-state index contributed by atoms with van der Waals surface area (Å²) in [5.41, 5.74) is 1.70. The minimum atomic E-state index is -0.108. The molecule has 1 fully saturated rings. The van der Waals surface area contributed by atoms with Crippen LogP contribution in [0.3, 0.4) is 0 Å².